The number of nitrogens with one attached hydrogen (secondary N) is 1. The molecule has 2 aromatic rings. The molecule has 0 fully saturated rings. The summed E-state index contributed by atoms with van der Waals surface area (Å²) < 4.78 is 35.9. The van der Waals surface area contributed by atoms with Crippen LogP contribution in [0.4, 0.5) is 19.3 Å². The molecule has 3 amide bonds. The van der Waals surface area contributed by atoms with Crippen molar-refractivity contribution in [2.24, 2.45) is 5.73 Å². The number of carbonyl (C=O) groups excluding carboxylic acids is 2. The number of nitrogens with zero attached hydrogens (tertiary/aromatic N) is 1. The standard InChI is InChI=1S/C18H15F2N3O4/c19-18(20)26-14-7-3-5-11(15(14)27-18)9-23-13-6-2-1-4-10(13)8-12(16(23)24)22-17(21)25/h1-7,12H,8-9H2,(H3,21,22,25)/t12-/m1/s1. The number of fused-ring (bicyclic) bond motifs is 2. The molecule has 0 unspecified atom stereocenters. The first-order valence-electron chi connectivity index (χ1n) is 8.17. The second kappa shape index (κ2) is 6.11. The third-order valence-electron chi connectivity index (χ3n) is 4.43. The number of alkyl halides is 2. The van der Waals surface area contributed by atoms with Gasteiger partial charge in [-0.05, 0) is 17.7 Å². The van der Waals surface area contributed by atoms with E-state index in [0.29, 0.717) is 17.7 Å². The van der Waals surface area contributed by atoms with Gasteiger partial charge in [0.1, 0.15) is 6.04 Å². The lowest BCUT2D eigenvalue weighted by Gasteiger charge is -2.34. The van der Waals surface area contributed by atoms with Gasteiger partial charge in [-0.3, -0.25) is 4.79 Å². The quantitative estimate of drug-likeness (QED) is 0.859. The number of halogens is 2. The van der Waals surface area contributed by atoms with E-state index in [1.54, 1.807) is 24.3 Å². The molecule has 0 radical (unpaired) electrons. The van der Waals surface area contributed by atoms with E-state index in [0.717, 1.165) is 5.56 Å². The highest BCUT2D eigenvalue weighted by Gasteiger charge is 2.45. The van der Waals surface area contributed by atoms with E-state index in [4.69, 9.17) is 5.73 Å². The topological polar surface area (TPSA) is 93.9 Å². The number of carbonyl (C=O) groups is 2. The van der Waals surface area contributed by atoms with Crippen LogP contribution in [0.3, 0.4) is 0 Å². The second-order valence-electron chi connectivity index (χ2n) is 6.23. The molecule has 0 saturated heterocycles. The predicted molar refractivity (Wildman–Crippen MR) is 90.5 cm³/mol. The number of urea groups is 1. The molecule has 0 spiro atoms. The highest BCUT2D eigenvalue weighted by Crippen LogP contribution is 2.44. The van der Waals surface area contributed by atoms with Gasteiger partial charge in [0, 0.05) is 17.7 Å². The van der Waals surface area contributed by atoms with Crippen LogP contribution in [-0.2, 0) is 17.8 Å². The SMILES string of the molecule is NC(=O)N[C@@H]1Cc2ccccc2N(Cc2cccc3c2OC(F)(F)O3)C1=O. The Labute approximate surface area is 152 Å². The molecule has 140 valence electrons. The average molecular weight is 375 g/mol. The highest BCUT2D eigenvalue weighted by atomic mass is 19.3. The molecule has 27 heavy (non-hydrogen) atoms. The summed E-state index contributed by atoms with van der Waals surface area (Å²) >= 11 is 0. The molecular formula is C18H15F2N3O4. The zero-order chi connectivity index (χ0) is 19.2. The average Bonchev–Trinajstić information content (AvgIpc) is 2.93. The van der Waals surface area contributed by atoms with E-state index in [1.807, 2.05) is 12.1 Å². The van der Waals surface area contributed by atoms with Crippen LogP contribution in [-0.4, -0.2) is 24.3 Å². The van der Waals surface area contributed by atoms with Gasteiger partial charge in [-0.15, -0.1) is 8.78 Å². The van der Waals surface area contributed by atoms with E-state index in [1.165, 1.54) is 11.0 Å². The first kappa shape index (κ1) is 17.1. The number of nitrogens with two attached hydrogens (primary N) is 1. The molecular weight excluding hydrogens is 360 g/mol. The zero-order valence-electron chi connectivity index (χ0n) is 13.9. The zero-order valence-corrected chi connectivity index (χ0v) is 13.9. The molecule has 2 aliphatic heterocycles. The van der Waals surface area contributed by atoms with Crippen molar-refractivity contribution in [1.29, 1.82) is 0 Å². The van der Waals surface area contributed by atoms with Crippen molar-refractivity contribution >= 4 is 17.6 Å². The van der Waals surface area contributed by atoms with Crippen LogP contribution in [0, 0.1) is 0 Å². The summed E-state index contributed by atoms with van der Waals surface area (Å²) in [5.41, 5.74) is 6.98. The maximum absolute atomic E-state index is 13.4. The van der Waals surface area contributed by atoms with Crippen LogP contribution in [0.1, 0.15) is 11.1 Å². The molecule has 2 aromatic carbocycles. The Bertz CT molecular complexity index is 935. The number of ether oxygens (including phenoxy) is 2. The molecule has 0 aromatic heterocycles. The molecule has 1 atom stereocenters. The molecule has 2 heterocycles. The number of anilines is 1. The number of amides is 3. The fraction of sp³-hybridized carbons (Fsp3) is 0.222. The Hall–Kier alpha value is -3.36. The fourth-order valence-electron chi connectivity index (χ4n) is 3.33. The van der Waals surface area contributed by atoms with Crippen LogP contribution in [0.2, 0.25) is 0 Å². The molecule has 9 heteroatoms. The minimum Gasteiger partial charge on any atom is -0.395 e. The first-order chi connectivity index (χ1) is 12.8. The Morgan fingerprint density at radius 3 is 2.78 bits per heavy atom. The fourth-order valence-corrected chi connectivity index (χ4v) is 3.33. The van der Waals surface area contributed by atoms with Gasteiger partial charge in [-0.1, -0.05) is 30.3 Å². The van der Waals surface area contributed by atoms with Crippen molar-refractivity contribution in [3.05, 3.63) is 53.6 Å². The summed E-state index contributed by atoms with van der Waals surface area (Å²) in [5.74, 6) is -0.601. The number of benzene rings is 2. The Morgan fingerprint density at radius 2 is 2.00 bits per heavy atom. The third kappa shape index (κ3) is 3.12. The van der Waals surface area contributed by atoms with Crippen molar-refractivity contribution in [3.8, 4) is 11.5 Å². The molecule has 3 N–H and O–H groups in total. The predicted octanol–water partition coefficient (Wildman–Crippen LogP) is 2.13. The maximum atomic E-state index is 13.4. The smallest absolute Gasteiger partial charge is 0.395 e. The van der Waals surface area contributed by atoms with E-state index in [2.05, 4.69) is 14.8 Å². The Balaban J connectivity index is 1.70. The van der Waals surface area contributed by atoms with Gasteiger partial charge in [0.05, 0.1) is 6.54 Å². The molecule has 0 saturated carbocycles. The largest absolute Gasteiger partial charge is 0.586 e. The molecule has 4 rings (SSSR count). The summed E-state index contributed by atoms with van der Waals surface area (Å²) in [5, 5.41) is 2.43. The van der Waals surface area contributed by atoms with E-state index >= 15 is 0 Å². The van der Waals surface area contributed by atoms with E-state index in [-0.39, 0.29) is 18.0 Å². The molecule has 0 aliphatic carbocycles. The van der Waals surface area contributed by atoms with Gasteiger partial charge in [0.2, 0.25) is 5.91 Å². The minimum absolute atomic E-state index is 0.0323. The van der Waals surface area contributed by atoms with Gasteiger partial charge >= 0.3 is 12.3 Å². The number of rotatable bonds is 3. The number of primary amides is 1. The van der Waals surface area contributed by atoms with Crippen molar-refractivity contribution in [1.82, 2.24) is 5.32 Å². The summed E-state index contributed by atoms with van der Waals surface area (Å²) in [6.45, 7) is -0.0323. The molecule has 2 aliphatic rings. The van der Waals surface area contributed by atoms with E-state index < -0.39 is 24.3 Å². The van der Waals surface area contributed by atoms with Crippen LogP contribution >= 0.6 is 0 Å². The summed E-state index contributed by atoms with van der Waals surface area (Å²) in [7, 11) is 0. The normalized spacial score (nSPS) is 19.6. The van der Waals surface area contributed by atoms with Gasteiger partial charge in [-0.25, -0.2) is 4.79 Å². The minimum atomic E-state index is -3.75. The molecule has 0 bridgehead atoms. The van der Waals surface area contributed by atoms with Crippen LogP contribution < -0.4 is 25.4 Å². The summed E-state index contributed by atoms with van der Waals surface area (Å²) in [4.78, 5) is 25.5. The van der Waals surface area contributed by atoms with Crippen LogP contribution in [0.25, 0.3) is 0 Å². The van der Waals surface area contributed by atoms with Gasteiger partial charge in [0.15, 0.2) is 11.5 Å². The van der Waals surface area contributed by atoms with Gasteiger partial charge in [-0.2, -0.15) is 0 Å². The second-order valence-corrected chi connectivity index (χ2v) is 6.23. The van der Waals surface area contributed by atoms with Crippen molar-refractivity contribution < 1.29 is 27.8 Å². The lowest BCUT2D eigenvalue weighted by molar-refractivity contribution is -0.286. The Morgan fingerprint density at radius 1 is 1.22 bits per heavy atom. The van der Waals surface area contributed by atoms with Gasteiger partial charge in [0.25, 0.3) is 0 Å². The van der Waals surface area contributed by atoms with E-state index in [9.17, 15) is 18.4 Å². The summed E-state index contributed by atoms with van der Waals surface area (Å²) in [6, 6.07) is 9.98. The summed E-state index contributed by atoms with van der Waals surface area (Å²) in [6.07, 6.45) is -3.46. The van der Waals surface area contributed by atoms with Crippen molar-refractivity contribution in [2.75, 3.05) is 4.90 Å². The number of hydrogen-bond donors (Lipinski definition) is 2. The third-order valence-corrected chi connectivity index (χ3v) is 4.43. The lowest BCUT2D eigenvalue weighted by Crippen LogP contribution is -2.53. The Kier molecular flexibility index (Phi) is 3.87. The maximum Gasteiger partial charge on any atom is 0.586 e. The van der Waals surface area contributed by atoms with Crippen molar-refractivity contribution in [3.63, 3.8) is 0 Å². The van der Waals surface area contributed by atoms with Gasteiger partial charge < -0.3 is 25.4 Å². The number of hydrogen-bond acceptors (Lipinski definition) is 4. The highest BCUT2D eigenvalue weighted by molar-refractivity contribution is 6.01. The monoisotopic (exact) mass is 375 g/mol. The van der Waals surface area contributed by atoms with Crippen LogP contribution in [0.5, 0.6) is 11.5 Å². The molecule has 7 nitrogen and oxygen atoms in total. The first-order valence-corrected chi connectivity index (χ1v) is 8.17. The van der Waals surface area contributed by atoms with Crippen molar-refractivity contribution in [2.45, 2.75) is 25.3 Å². The lowest BCUT2D eigenvalue weighted by atomic mass is 9.96. The number of para-hydroxylation sites is 2. The van der Waals surface area contributed by atoms with Crippen LogP contribution in [0.15, 0.2) is 42.5 Å².